The molecule has 0 unspecified atom stereocenters. The van der Waals surface area contributed by atoms with E-state index < -0.39 is 23.7 Å². The van der Waals surface area contributed by atoms with Crippen molar-refractivity contribution in [1.29, 1.82) is 0 Å². The van der Waals surface area contributed by atoms with Crippen molar-refractivity contribution < 1.29 is 23.9 Å². The van der Waals surface area contributed by atoms with Crippen LogP contribution in [0.25, 0.3) is 0 Å². The first-order chi connectivity index (χ1) is 22.0. The van der Waals surface area contributed by atoms with Gasteiger partial charge in [0.15, 0.2) is 0 Å². The molecule has 46 heavy (non-hydrogen) atoms. The first-order valence-electron chi connectivity index (χ1n) is 16.3. The molecule has 5 amide bonds. The van der Waals surface area contributed by atoms with Gasteiger partial charge in [0.05, 0.1) is 13.2 Å². The lowest BCUT2D eigenvalue weighted by atomic mass is 9.92. The van der Waals surface area contributed by atoms with E-state index in [-0.39, 0.29) is 42.3 Å². The molecule has 4 rings (SSSR count). The summed E-state index contributed by atoms with van der Waals surface area (Å²) in [5.74, 6) is -0.336. The number of nitrogens with zero attached hydrogens (tertiary/aromatic N) is 1. The van der Waals surface area contributed by atoms with E-state index in [9.17, 15) is 19.2 Å². The fraction of sp³-hybridized carbons (Fsp3) is 0.543. The van der Waals surface area contributed by atoms with E-state index in [1.165, 1.54) is 0 Å². The molecule has 0 bridgehead atoms. The monoisotopic (exact) mass is 634 g/mol. The number of benzene rings is 2. The van der Waals surface area contributed by atoms with Gasteiger partial charge in [0.2, 0.25) is 17.7 Å². The van der Waals surface area contributed by atoms with Crippen molar-refractivity contribution >= 4 is 23.8 Å². The van der Waals surface area contributed by atoms with Gasteiger partial charge in [0, 0.05) is 30.6 Å². The van der Waals surface area contributed by atoms with Crippen LogP contribution in [0.4, 0.5) is 4.79 Å². The minimum atomic E-state index is -0.897. The lowest BCUT2D eigenvalue weighted by Gasteiger charge is -2.33. The number of carbonyl (C=O) groups excluding carboxylic acids is 4. The summed E-state index contributed by atoms with van der Waals surface area (Å²) in [7, 11) is 3.34. The number of carbonyl (C=O) groups is 4. The molecule has 2 aliphatic rings. The maximum absolute atomic E-state index is 14.4. The van der Waals surface area contributed by atoms with Crippen LogP contribution in [0.5, 0.6) is 5.75 Å². The highest BCUT2D eigenvalue weighted by atomic mass is 16.5. The predicted molar refractivity (Wildman–Crippen MR) is 177 cm³/mol. The highest BCUT2D eigenvalue weighted by Gasteiger charge is 2.47. The van der Waals surface area contributed by atoms with Gasteiger partial charge in [-0.15, -0.1) is 0 Å². The summed E-state index contributed by atoms with van der Waals surface area (Å²) < 4.78 is 5.22. The smallest absolute Gasteiger partial charge is 0.315 e. The number of urea groups is 1. The maximum Gasteiger partial charge on any atom is 0.315 e. The number of likely N-dealkylation sites (N-methyl/N-ethyl adjacent to an activating group) is 1. The molecule has 0 aromatic heterocycles. The summed E-state index contributed by atoms with van der Waals surface area (Å²) in [6.07, 6.45) is 3.67. The van der Waals surface area contributed by atoms with E-state index >= 15 is 0 Å². The number of hydrogen-bond donors (Lipinski definition) is 5. The highest BCUT2D eigenvalue weighted by Crippen LogP contribution is 2.34. The second kappa shape index (κ2) is 15.9. The van der Waals surface area contributed by atoms with Crippen molar-refractivity contribution in [3.8, 4) is 5.75 Å². The Kier molecular flexibility index (Phi) is 12.0. The van der Waals surface area contributed by atoms with E-state index in [1.807, 2.05) is 75.4 Å². The average molecular weight is 635 g/mol. The Morgan fingerprint density at radius 3 is 2.28 bits per heavy atom. The summed E-state index contributed by atoms with van der Waals surface area (Å²) in [6, 6.07) is 14.9. The molecule has 2 saturated heterocycles. The van der Waals surface area contributed by atoms with E-state index in [4.69, 9.17) is 4.74 Å². The third-order valence-electron chi connectivity index (χ3n) is 8.80. The predicted octanol–water partition coefficient (Wildman–Crippen LogP) is 2.54. The van der Waals surface area contributed by atoms with Crippen LogP contribution in [0, 0.1) is 5.92 Å². The second-order valence-electron chi connectivity index (χ2n) is 13.3. The van der Waals surface area contributed by atoms with Gasteiger partial charge in [-0.2, -0.15) is 0 Å². The summed E-state index contributed by atoms with van der Waals surface area (Å²) >= 11 is 0. The summed E-state index contributed by atoms with van der Waals surface area (Å²) in [4.78, 5) is 55.9. The van der Waals surface area contributed by atoms with Gasteiger partial charge >= 0.3 is 6.03 Å². The number of nitrogens with one attached hydrogen (secondary N) is 5. The van der Waals surface area contributed by atoms with Crippen LogP contribution in [-0.4, -0.2) is 85.6 Å². The number of hydrogen-bond acceptors (Lipinski definition) is 6. The zero-order valence-corrected chi connectivity index (χ0v) is 27.7. The Bertz CT molecular complexity index is 1330. The molecule has 11 heteroatoms. The first-order valence-corrected chi connectivity index (χ1v) is 16.3. The van der Waals surface area contributed by atoms with Gasteiger partial charge in [-0.25, -0.2) is 4.79 Å². The SMILES string of the molecule is CN[C@H](Cc1ccccc1)C(=O)N[C@@H]1C(=O)N2[C@@H](CC[C@@H]1CNC(=O)NC(C)(C)C)CC[C@H]2C(=O)NCCc1ccc(OC)cc1. The van der Waals surface area contributed by atoms with Crippen LogP contribution in [0.3, 0.4) is 0 Å². The van der Waals surface area contributed by atoms with Crippen molar-refractivity contribution in [2.24, 2.45) is 5.92 Å². The van der Waals surface area contributed by atoms with Crippen molar-refractivity contribution in [3.05, 3.63) is 65.7 Å². The molecule has 2 aromatic carbocycles. The third-order valence-corrected chi connectivity index (χ3v) is 8.80. The Morgan fingerprint density at radius 2 is 1.63 bits per heavy atom. The number of rotatable bonds is 12. The first kappa shape index (κ1) is 34.7. The standard InChI is InChI=1S/C35H50N6O5/c1-35(2,3)40-34(45)38-22-25-13-14-26-15-18-29(32(43)37-20-19-23-11-16-27(46-5)17-12-23)41(26)33(44)30(25)39-31(42)28(36-4)21-24-9-7-6-8-10-24/h6-12,16-17,25-26,28-30,36H,13-15,18-22H2,1-5H3,(H,37,43)(H,39,42)(H2,38,40,45)/t25-,26+,28-,29+,30+/m1/s1. The van der Waals surface area contributed by atoms with Crippen LogP contribution in [-0.2, 0) is 27.2 Å². The van der Waals surface area contributed by atoms with Gasteiger partial charge in [-0.3, -0.25) is 14.4 Å². The second-order valence-corrected chi connectivity index (χ2v) is 13.3. The van der Waals surface area contributed by atoms with Gasteiger partial charge in [0.1, 0.15) is 17.8 Å². The van der Waals surface area contributed by atoms with Crippen LogP contribution in [0.2, 0.25) is 0 Å². The van der Waals surface area contributed by atoms with Crippen molar-refractivity contribution in [1.82, 2.24) is 31.5 Å². The van der Waals surface area contributed by atoms with Crippen LogP contribution in [0.15, 0.2) is 54.6 Å². The fourth-order valence-corrected chi connectivity index (χ4v) is 6.37. The Labute approximate surface area is 272 Å². The number of ether oxygens (including phenoxy) is 1. The normalized spacial score (nSPS) is 21.8. The number of fused-ring (bicyclic) bond motifs is 1. The minimum Gasteiger partial charge on any atom is -0.497 e. The molecule has 2 aromatic rings. The lowest BCUT2D eigenvalue weighted by molar-refractivity contribution is -0.143. The molecule has 5 atom stereocenters. The fourth-order valence-electron chi connectivity index (χ4n) is 6.37. The molecular formula is C35H50N6O5. The minimum absolute atomic E-state index is 0.109. The molecule has 5 N–H and O–H groups in total. The zero-order chi connectivity index (χ0) is 33.3. The van der Waals surface area contributed by atoms with Crippen LogP contribution < -0.4 is 31.3 Å². The molecule has 2 aliphatic heterocycles. The molecule has 0 aliphatic carbocycles. The van der Waals surface area contributed by atoms with Gasteiger partial charge in [0.25, 0.3) is 0 Å². The number of methoxy groups -OCH3 is 1. The van der Waals surface area contributed by atoms with E-state index in [2.05, 4.69) is 26.6 Å². The largest absolute Gasteiger partial charge is 0.497 e. The van der Waals surface area contributed by atoms with Crippen LogP contribution >= 0.6 is 0 Å². The summed E-state index contributed by atoms with van der Waals surface area (Å²) in [6.45, 7) is 6.33. The Balaban J connectivity index is 1.48. The topological polar surface area (TPSA) is 141 Å². The molecule has 2 heterocycles. The quantitative estimate of drug-likeness (QED) is 0.243. The van der Waals surface area contributed by atoms with Crippen molar-refractivity contribution in [2.45, 2.75) is 89.0 Å². The summed E-state index contributed by atoms with van der Waals surface area (Å²) in [5, 5.41) is 15.0. The molecule has 2 fully saturated rings. The molecule has 0 radical (unpaired) electrons. The molecule has 11 nitrogen and oxygen atoms in total. The lowest BCUT2D eigenvalue weighted by Crippen LogP contribution is -2.59. The van der Waals surface area contributed by atoms with Crippen molar-refractivity contribution in [3.63, 3.8) is 0 Å². The third kappa shape index (κ3) is 9.45. The van der Waals surface area contributed by atoms with Gasteiger partial charge < -0.3 is 36.2 Å². The Morgan fingerprint density at radius 1 is 0.935 bits per heavy atom. The highest BCUT2D eigenvalue weighted by molar-refractivity contribution is 5.94. The maximum atomic E-state index is 14.4. The molecule has 250 valence electrons. The van der Waals surface area contributed by atoms with Gasteiger partial charge in [-0.1, -0.05) is 42.5 Å². The van der Waals surface area contributed by atoms with E-state index in [0.29, 0.717) is 45.1 Å². The van der Waals surface area contributed by atoms with E-state index in [1.54, 1.807) is 19.1 Å². The van der Waals surface area contributed by atoms with Gasteiger partial charge in [-0.05, 0) is 89.6 Å². The molecular weight excluding hydrogens is 584 g/mol. The van der Waals surface area contributed by atoms with Crippen molar-refractivity contribution in [2.75, 3.05) is 27.2 Å². The van der Waals surface area contributed by atoms with Crippen LogP contribution in [0.1, 0.15) is 57.6 Å². The summed E-state index contributed by atoms with van der Waals surface area (Å²) in [5.41, 5.74) is 1.64. The molecule has 0 spiro atoms. The average Bonchev–Trinajstić information content (AvgIpc) is 3.41. The molecule has 0 saturated carbocycles. The Hall–Kier alpha value is -4.12. The zero-order valence-electron chi connectivity index (χ0n) is 27.7. The number of amides is 5. The van der Waals surface area contributed by atoms with E-state index in [0.717, 1.165) is 16.9 Å².